The van der Waals surface area contributed by atoms with E-state index in [1.165, 1.54) is 16.4 Å². The first kappa shape index (κ1) is 18.9. The zero-order chi connectivity index (χ0) is 19.3. The molecule has 0 radical (unpaired) electrons. The highest BCUT2D eigenvalue weighted by Gasteiger charge is 2.50. The number of carbonyl (C=O) groups is 1. The van der Waals surface area contributed by atoms with Crippen molar-refractivity contribution in [1.29, 1.82) is 0 Å². The molecule has 3 aliphatic heterocycles. The van der Waals surface area contributed by atoms with Crippen LogP contribution in [0, 0.1) is 5.41 Å². The molecule has 0 unspecified atom stereocenters. The quantitative estimate of drug-likeness (QED) is 0.780. The van der Waals surface area contributed by atoms with Crippen molar-refractivity contribution >= 4 is 15.9 Å². The minimum Gasteiger partial charge on any atom is -0.350 e. The number of amides is 1. The third-order valence-electron chi connectivity index (χ3n) is 5.60. The molecule has 8 heteroatoms. The SMILES string of the molecule is CC1(C)OCC2(CO1)CN(C(=O)c1ccc(S(=O)(=O)N3CCCC3)cc1)C2. The molecule has 3 aliphatic rings. The van der Waals surface area contributed by atoms with Gasteiger partial charge < -0.3 is 14.4 Å². The Morgan fingerprint density at radius 1 is 1.00 bits per heavy atom. The third-order valence-corrected chi connectivity index (χ3v) is 7.51. The molecule has 3 saturated heterocycles. The summed E-state index contributed by atoms with van der Waals surface area (Å²) in [5.41, 5.74) is 0.382. The van der Waals surface area contributed by atoms with Gasteiger partial charge in [-0.15, -0.1) is 0 Å². The number of rotatable bonds is 3. The zero-order valence-corrected chi connectivity index (χ0v) is 16.6. The molecule has 0 saturated carbocycles. The highest BCUT2D eigenvalue weighted by molar-refractivity contribution is 7.89. The van der Waals surface area contributed by atoms with Crippen LogP contribution in [0.3, 0.4) is 0 Å². The van der Waals surface area contributed by atoms with Gasteiger partial charge in [0, 0.05) is 31.7 Å². The minimum absolute atomic E-state index is 0.0874. The average molecular weight is 394 g/mol. The standard InChI is InChI=1S/C19H26N2O5S/c1-18(2)25-13-19(14-26-18)11-20(12-19)17(22)15-5-7-16(8-6-15)27(23,24)21-9-3-4-10-21/h5-8H,3-4,9-14H2,1-2H3. The summed E-state index contributed by atoms with van der Waals surface area (Å²) in [5.74, 6) is -0.651. The summed E-state index contributed by atoms with van der Waals surface area (Å²) < 4.78 is 38.1. The Morgan fingerprint density at radius 2 is 1.56 bits per heavy atom. The smallest absolute Gasteiger partial charge is 0.253 e. The van der Waals surface area contributed by atoms with Gasteiger partial charge in [-0.1, -0.05) is 0 Å². The van der Waals surface area contributed by atoms with Gasteiger partial charge in [0.2, 0.25) is 10.0 Å². The molecule has 27 heavy (non-hydrogen) atoms. The highest BCUT2D eigenvalue weighted by atomic mass is 32.2. The van der Waals surface area contributed by atoms with E-state index in [2.05, 4.69) is 0 Å². The Hall–Kier alpha value is -1.48. The monoisotopic (exact) mass is 394 g/mol. The number of hydrogen-bond acceptors (Lipinski definition) is 5. The van der Waals surface area contributed by atoms with Crippen LogP contribution in [0.2, 0.25) is 0 Å². The number of likely N-dealkylation sites (tertiary alicyclic amines) is 1. The maximum absolute atomic E-state index is 12.7. The molecule has 0 atom stereocenters. The van der Waals surface area contributed by atoms with Crippen molar-refractivity contribution in [2.24, 2.45) is 5.41 Å². The molecular weight excluding hydrogens is 368 g/mol. The Morgan fingerprint density at radius 3 is 2.11 bits per heavy atom. The van der Waals surface area contributed by atoms with Crippen molar-refractivity contribution in [3.63, 3.8) is 0 Å². The van der Waals surface area contributed by atoms with Crippen molar-refractivity contribution < 1.29 is 22.7 Å². The lowest BCUT2D eigenvalue weighted by molar-refractivity contribution is -0.301. The summed E-state index contributed by atoms with van der Waals surface area (Å²) in [4.78, 5) is 14.7. The molecule has 3 fully saturated rings. The number of hydrogen-bond donors (Lipinski definition) is 0. The van der Waals surface area contributed by atoms with Crippen LogP contribution in [0.1, 0.15) is 37.0 Å². The van der Waals surface area contributed by atoms with Crippen LogP contribution in [0.4, 0.5) is 0 Å². The van der Waals surface area contributed by atoms with Crippen molar-refractivity contribution in [2.75, 3.05) is 39.4 Å². The van der Waals surface area contributed by atoms with Gasteiger partial charge in [0.1, 0.15) is 0 Å². The molecule has 148 valence electrons. The van der Waals surface area contributed by atoms with Crippen LogP contribution in [0.15, 0.2) is 29.2 Å². The largest absolute Gasteiger partial charge is 0.350 e. The number of benzene rings is 1. The lowest BCUT2D eigenvalue weighted by Gasteiger charge is -2.54. The molecule has 0 bridgehead atoms. The van der Waals surface area contributed by atoms with E-state index in [0.29, 0.717) is 45.0 Å². The summed E-state index contributed by atoms with van der Waals surface area (Å²) >= 11 is 0. The lowest BCUT2D eigenvalue weighted by Crippen LogP contribution is -2.65. The van der Waals surface area contributed by atoms with Crippen LogP contribution in [0.5, 0.6) is 0 Å². The van der Waals surface area contributed by atoms with Crippen molar-refractivity contribution in [3.8, 4) is 0 Å². The normalized spacial score (nSPS) is 24.7. The van der Waals surface area contributed by atoms with Crippen LogP contribution in [-0.2, 0) is 19.5 Å². The van der Waals surface area contributed by atoms with Gasteiger partial charge in [0.25, 0.3) is 5.91 Å². The van der Waals surface area contributed by atoms with Crippen molar-refractivity contribution in [1.82, 2.24) is 9.21 Å². The first-order chi connectivity index (χ1) is 12.7. The van der Waals surface area contributed by atoms with Gasteiger partial charge in [0.05, 0.1) is 23.5 Å². The van der Waals surface area contributed by atoms with Gasteiger partial charge in [-0.25, -0.2) is 8.42 Å². The van der Waals surface area contributed by atoms with Gasteiger partial charge in [-0.3, -0.25) is 4.79 Å². The fourth-order valence-electron chi connectivity index (χ4n) is 3.86. The molecule has 4 rings (SSSR count). The molecule has 0 N–H and O–H groups in total. The van der Waals surface area contributed by atoms with E-state index in [4.69, 9.17) is 9.47 Å². The van der Waals surface area contributed by atoms with Gasteiger partial charge in [-0.2, -0.15) is 4.31 Å². The maximum atomic E-state index is 12.7. The molecule has 1 aromatic rings. The second kappa shape index (κ2) is 6.55. The molecule has 3 heterocycles. The van der Waals surface area contributed by atoms with Gasteiger partial charge >= 0.3 is 0 Å². The van der Waals surface area contributed by atoms with E-state index in [-0.39, 0.29) is 16.2 Å². The summed E-state index contributed by atoms with van der Waals surface area (Å²) in [6.45, 7) is 7.26. The first-order valence-electron chi connectivity index (χ1n) is 9.38. The Kier molecular flexibility index (Phi) is 4.57. The first-order valence-corrected chi connectivity index (χ1v) is 10.8. The number of ether oxygens (including phenoxy) is 2. The Balaban J connectivity index is 1.39. The van der Waals surface area contributed by atoms with Crippen LogP contribution in [0.25, 0.3) is 0 Å². The lowest BCUT2D eigenvalue weighted by atomic mass is 9.80. The van der Waals surface area contributed by atoms with E-state index in [1.54, 1.807) is 17.0 Å². The summed E-state index contributed by atoms with van der Waals surface area (Å²) in [7, 11) is -3.45. The third kappa shape index (κ3) is 3.51. The molecular formula is C19H26N2O5S. The molecule has 0 aliphatic carbocycles. The van der Waals surface area contributed by atoms with Crippen LogP contribution >= 0.6 is 0 Å². The summed E-state index contributed by atoms with van der Waals surface area (Å²) in [6, 6.07) is 6.28. The Labute approximate surface area is 160 Å². The molecule has 1 amide bonds. The fraction of sp³-hybridized carbons (Fsp3) is 0.632. The van der Waals surface area contributed by atoms with E-state index < -0.39 is 15.8 Å². The van der Waals surface area contributed by atoms with Crippen molar-refractivity contribution in [2.45, 2.75) is 37.4 Å². The minimum atomic E-state index is -3.45. The average Bonchev–Trinajstić information content (AvgIpc) is 3.15. The number of carbonyl (C=O) groups excluding carboxylic acids is 1. The van der Waals surface area contributed by atoms with Crippen LogP contribution < -0.4 is 0 Å². The van der Waals surface area contributed by atoms with Crippen molar-refractivity contribution in [3.05, 3.63) is 29.8 Å². The van der Waals surface area contributed by atoms with E-state index in [9.17, 15) is 13.2 Å². The van der Waals surface area contributed by atoms with E-state index in [1.807, 2.05) is 13.8 Å². The second-order valence-electron chi connectivity index (χ2n) is 8.27. The summed E-state index contributed by atoms with van der Waals surface area (Å²) in [5, 5.41) is 0. The molecule has 7 nitrogen and oxygen atoms in total. The summed E-state index contributed by atoms with van der Waals surface area (Å²) in [6.07, 6.45) is 1.80. The predicted octanol–water partition coefficient (Wildman–Crippen LogP) is 1.70. The molecule has 1 aromatic carbocycles. The highest BCUT2D eigenvalue weighted by Crippen LogP contribution is 2.38. The number of sulfonamides is 1. The fourth-order valence-corrected chi connectivity index (χ4v) is 5.37. The molecule has 1 spiro atoms. The second-order valence-corrected chi connectivity index (χ2v) is 10.2. The van der Waals surface area contributed by atoms with Crippen LogP contribution in [-0.4, -0.2) is 68.7 Å². The predicted molar refractivity (Wildman–Crippen MR) is 98.8 cm³/mol. The van der Waals surface area contributed by atoms with Gasteiger partial charge in [0.15, 0.2) is 5.79 Å². The number of nitrogens with zero attached hydrogens (tertiary/aromatic N) is 2. The molecule has 0 aromatic heterocycles. The van der Waals surface area contributed by atoms with Gasteiger partial charge in [-0.05, 0) is 51.0 Å². The zero-order valence-electron chi connectivity index (χ0n) is 15.8. The van der Waals surface area contributed by atoms with E-state index >= 15 is 0 Å². The maximum Gasteiger partial charge on any atom is 0.253 e. The Bertz CT molecular complexity index is 810. The van der Waals surface area contributed by atoms with E-state index in [0.717, 1.165) is 12.8 Å². The topological polar surface area (TPSA) is 76.1 Å².